The first kappa shape index (κ1) is 15.8. The summed E-state index contributed by atoms with van der Waals surface area (Å²) >= 11 is 7.14. The molecule has 0 unspecified atom stereocenters. The molecule has 3 rings (SSSR count). The molecule has 4 nitrogen and oxygen atoms in total. The van der Waals surface area contributed by atoms with Crippen LogP contribution in [0.25, 0.3) is 11.3 Å². The molecule has 3 aromatic rings. The molecule has 0 atom stereocenters. The molecule has 23 heavy (non-hydrogen) atoms. The molecule has 2 heterocycles. The monoisotopic (exact) mass is 347 g/mol. The van der Waals surface area contributed by atoms with Gasteiger partial charge in [0.15, 0.2) is 5.78 Å². The summed E-state index contributed by atoms with van der Waals surface area (Å²) in [4.78, 5) is 12.7. The fourth-order valence-electron chi connectivity index (χ4n) is 2.15. The molecule has 2 aromatic heterocycles. The zero-order valence-corrected chi connectivity index (χ0v) is 14.0. The second-order valence-corrected chi connectivity index (χ2v) is 6.65. The van der Waals surface area contributed by atoms with Crippen molar-refractivity contribution in [3.63, 3.8) is 0 Å². The Morgan fingerprint density at radius 2 is 2.04 bits per heavy atom. The molecule has 0 saturated heterocycles. The van der Waals surface area contributed by atoms with Crippen LogP contribution < -0.4 is 4.74 Å². The third-order valence-electron chi connectivity index (χ3n) is 3.39. The Kier molecular flexibility index (Phi) is 4.79. The molecule has 0 bridgehead atoms. The highest BCUT2D eigenvalue weighted by Gasteiger charge is 2.12. The molecule has 0 radical (unpaired) electrons. The number of hydrogen-bond donors (Lipinski definition) is 0. The summed E-state index contributed by atoms with van der Waals surface area (Å²) < 4.78 is 11.1. The standard InChI is InChI=1S/C17H14ClNO3S/c1-21-12-4-2-11(3-5-12)14-10-13(22-19-14)6-7-15(20)16-8-9-17(18)23-16/h2-5,8-10H,6-7H2,1H3. The van der Waals surface area contributed by atoms with Gasteiger partial charge in [-0.05, 0) is 36.4 Å². The summed E-state index contributed by atoms with van der Waals surface area (Å²) in [5.41, 5.74) is 1.69. The summed E-state index contributed by atoms with van der Waals surface area (Å²) in [6.07, 6.45) is 0.881. The number of thiophene rings is 1. The van der Waals surface area contributed by atoms with Crippen LogP contribution in [0.2, 0.25) is 4.34 Å². The van der Waals surface area contributed by atoms with E-state index in [0.29, 0.717) is 27.8 Å². The Morgan fingerprint density at radius 1 is 1.26 bits per heavy atom. The highest BCUT2D eigenvalue weighted by Crippen LogP contribution is 2.25. The third kappa shape index (κ3) is 3.81. The van der Waals surface area contributed by atoms with Gasteiger partial charge in [0.2, 0.25) is 0 Å². The largest absolute Gasteiger partial charge is 0.497 e. The molecule has 1 aromatic carbocycles. The maximum atomic E-state index is 12.1. The molecule has 6 heteroatoms. The Labute approximate surface area is 142 Å². The fourth-order valence-corrected chi connectivity index (χ4v) is 3.16. The first-order valence-electron chi connectivity index (χ1n) is 7.04. The highest BCUT2D eigenvalue weighted by atomic mass is 35.5. The van der Waals surface area contributed by atoms with Crippen LogP contribution in [-0.4, -0.2) is 18.0 Å². The van der Waals surface area contributed by atoms with Crippen LogP contribution in [0.3, 0.4) is 0 Å². The number of methoxy groups -OCH3 is 1. The van der Waals surface area contributed by atoms with E-state index in [2.05, 4.69) is 5.16 Å². The van der Waals surface area contributed by atoms with Gasteiger partial charge < -0.3 is 9.26 Å². The van der Waals surface area contributed by atoms with Crippen LogP contribution in [0, 0.1) is 0 Å². The van der Waals surface area contributed by atoms with Gasteiger partial charge in [0.1, 0.15) is 17.2 Å². The normalized spacial score (nSPS) is 10.7. The predicted molar refractivity (Wildman–Crippen MR) is 90.5 cm³/mol. The van der Waals surface area contributed by atoms with Crippen LogP contribution in [-0.2, 0) is 6.42 Å². The number of benzene rings is 1. The lowest BCUT2D eigenvalue weighted by Gasteiger charge is -1.99. The maximum Gasteiger partial charge on any atom is 0.173 e. The molecular weight excluding hydrogens is 334 g/mol. The SMILES string of the molecule is COc1ccc(-c2cc(CCC(=O)c3ccc(Cl)s3)on2)cc1. The Bertz CT molecular complexity index is 807. The van der Waals surface area contributed by atoms with E-state index >= 15 is 0 Å². The smallest absolute Gasteiger partial charge is 0.173 e. The second kappa shape index (κ2) is 6.98. The molecule has 118 valence electrons. The molecule has 0 spiro atoms. The van der Waals surface area contributed by atoms with Crippen LogP contribution in [0.1, 0.15) is 21.9 Å². The summed E-state index contributed by atoms with van der Waals surface area (Å²) in [6, 6.07) is 12.9. The number of ether oxygens (including phenoxy) is 1. The van der Waals surface area contributed by atoms with Gasteiger partial charge >= 0.3 is 0 Å². The van der Waals surface area contributed by atoms with Crippen molar-refractivity contribution in [2.75, 3.05) is 7.11 Å². The summed E-state index contributed by atoms with van der Waals surface area (Å²) in [7, 11) is 1.63. The van der Waals surface area contributed by atoms with E-state index in [1.807, 2.05) is 30.3 Å². The van der Waals surface area contributed by atoms with Crippen LogP contribution in [0.5, 0.6) is 5.75 Å². The number of aromatic nitrogens is 1. The zero-order chi connectivity index (χ0) is 16.2. The van der Waals surface area contributed by atoms with Gasteiger partial charge in [0, 0.05) is 24.5 Å². The van der Waals surface area contributed by atoms with Crippen molar-refractivity contribution >= 4 is 28.7 Å². The van der Waals surface area contributed by atoms with Gasteiger partial charge in [-0.1, -0.05) is 16.8 Å². The van der Waals surface area contributed by atoms with Gasteiger partial charge in [-0.15, -0.1) is 11.3 Å². The van der Waals surface area contributed by atoms with Crippen molar-refractivity contribution < 1.29 is 14.1 Å². The van der Waals surface area contributed by atoms with Crippen molar-refractivity contribution in [1.29, 1.82) is 0 Å². The number of carbonyl (C=O) groups excluding carboxylic acids is 1. The van der Waals surface area contributed by atoms with Crippen molar-refractivity contribution in [1.82, 2.24) is 5.16 Å². The molecule has 0 aliphatic carbocycles. The van der Waals surface area contributed by atoms with Crippen LogP contribution in [0.15, 0.2) is 47.0 Å². The van der Waals surface area contributed by atoms with Gasteiger partial charge in [-0.3, -0.25) is 4.79 Å². The number of ketones is 1. The average molecular weight is 348 g/mol. The number of nitrogens with zero attached hydrogens (tertiary/aromatic N) is 1. The quantitative estimate of drug-likeness (QED) is 0.596. The summed E-state index contributed by atoms with van der Waals surface area (Å²) in [5.74, 6) is 1.54. The minimum absolute atomic E-state index is 0.0595. The Hall–Kier alpha value is -2.11. The minimum Gasteiger partial charge on any atom is -0.497 e. The van der Waals surface area contributed by atoms with Crippen molar-refractivity contribution in [3.05, 3.63) is 57.4 Å². The first-order valence-corrected chi connectivity index (χ1v) is 8.24. The van der Waals surface area contributed by atoms with Crippen molar-refractivity contribution in [2.45, 2.75) is 12.8 Å². The number of Topliss-reactive ketones (excluding diaryl/α,β-unsaturated/α-hetero) is 1. The van der Waals surface area contributed by atoms with E-state index in [-0.39, 0.29) is 5.78 Å². The van der Waals surface area contributed by atoms with Gasteiger partial charge in [-0.25, -0.2) is 0 Å². The van der Waals surface area contributed by atoms with Gasteiger partial charge in [0.25, 0.3) is 0 Å². The Balaban J connectivity index is 1.63. The van der Waals surface area contributed by atoms with Gasteiger partial charge in [-0.2, -0.15) is 0 Å². The molecule has 0 fully saturated rings. The number of aryl methyl sites for hydroxylation is 1. The number of carbonyl (C=O) groups is 1. The topological polar surface area (TPSA) is 52.3 Å². The van der Waals surface area contributed by atoms with Crippen LogP contribution in [0.4, 0.5) is 0 Å². The van der Waals surface area contributed by atoms with E-state index in [4.69, 9.17) is 20.9 Å². The highest BCUT2D eigenvalue weighted by molar-refractivity contribution is 7.18. The fraction of sp³-hybridized carbons (Fsp3) is 0.176. The van der Waals surface area contributed by atoms with Crippen LogP contribution >= 0.6 is 22.9 Å². The lowest BCUT2D eigenvalue weighted by Crippen LogP contribution is -1.97. The molecule has 0 amide bonds. The summed E-state index contributed by atoms with van der Waals surface area (Å²) in [5, 5.41) is 4.05. The van der Waals surface area contributed by atoms with E-state index in [9.17, 15) is 4.79 Å². The minimum atomic E-state index is 0.0595. The number of rotatable bonds is 6. The lowest BCUT2D eigenvalue weighted by molar-refractivity contribution is 0.0984. The zero-order valence-electron chi connectivity index (χ0n) is 12.4. The lowest BCUT2D eigenvalue weighted by atomic mass is 10.1. The third-order valence-corrected chi connectivity index (χ3v) is 4.66. The van der Waals surface area contributed by atoms with E-state index in [1.54, 1.807) is 19.2 Å². The van der Waals surface area contributed by atoms with Crippen molar-refractivity contribution in [2.24, 2.45) is 0 Å². The second-order valence-electron chi connectivity index (χ2n) is 4.93. The molecular formula is C17H14ClNO3S. The van der Waals surface area contributed by atoms with E-state index in [0.717, 1.165) is 17.0 Å². The molecule has 0 N–H and O–H groups in total. The van der Waals surface area contributed by atoms with Gasteiger partial charge in [0.05, 0.1) is 16.3 Å². The molecule has 0 aliphatic heterocycles. The molecule has 0 aliphatic rings. The average Bonchev–Trinajstić information content (AvgIpc) is 3.22. The first-order chi connectivity index (χ1) is 11.2. The maximum absolute atomic E-state index is 12.1. The predicted octanol–water partition coefficient (Wildman–Crippen LogP) is 4.88. The Morgan fingerprint density at radius 3 is 2.70 bits per heavy atom. The number of halogens is 1. The van der Waals surface area contributed by atoms with E-state index in [1.165, 1.54) is 11.3 Å². The number of hydrogen-bond acceptors (Lipinski definition) is 5. The van der Waals surface area contributed by atoms with Crippen molar-refractivity contribution in [3.8, 4) is 17.0 Å². The summed E-state index contributed by atoms with van der Waals surface area (Å²) in [6.45, 7) is 0. The molecule has 0 saturated carbocycles. The van der Waals surface area contributed by atoms with E-state index < -0.39 is 0 Å².